The highest BCUT2D eigenvalue weighted by Gasteiger charge is 2.24. The number of carbonyl (C=O) groups is 1. The Hall–Kier alpha value is -1.42. The number of hydrogen-bond acceptors (Lipinski definition) is 4. The zero-order valence-corrected chi connectivity index (χ0v) is 6.97. The van der Waals surface area contributed by atoms with Crippen LogP contribution in [-0.2, 0) is 9.47 Å². The zero-order valence-electron chi connectivity index (χ0n) is 6.97. The van der Waals surface area contributed by atoms with Gasteiger partial charge in [-0.3, -0.25) is 4.98 Å². The Labute approximate surface area is 75.5 Å². The van der Waals surface area contributed by atoms with Crippen LogP contribution < -0.4 is 0 Å². The molecule has 1 aliphatic heterocycles. The normalized spacial score (nSPS) is 19.5. The van der Waals surface area contributed by atoms with Gasteiger partial charge in [-0.2, -0.15) is 0 Å². The van der Waals surface area contributed by atoms with E-state index < -0.39 is 0 Å². The number of rotatable bonds is 3. The van der Waals surface area contributed by atoms with Crippen LogP contribution in [0.5, 0.6) is 0 Å². The average Bonchev–Trinajstić information content (AvgIpc) is 2.99. The number of hydrogen-bond donors (Lipinski definition) is 0. The smallest absolute Gasteiger partial charge is 0.338 e. The highest BCUT2D eigenvalue weighted by Crippen LogP contribution is 2.10. The van der Waals surface area contributed by atoms with Gasteiger partial charge in [-0.25, -0.2) is 4.79 Å². The molecule has 0 unspecified atom stereocenters. The molecule has 0 aliphatic carbocycles. The van der Waals surface area contributed by atoms with Gasteiger partial charge >= 0.3 is 5.97 Å². The zero-order chi connectivity index (χ0) is 9.10. The van der Waals surface area contributed by atoms with Crippen molar-refractivity contribution in [3.8, 4) is 0 Å². The fourth-order valence-electron chi connectivity index (χ4n) is 0.904. The SMILES string of the molecule is O=C(OC[C@@H]1CO1)c1ccncc1. The summed E-state index contributed by atoms with van der Waals surface area (Å²) < 4.78 is 9.87. The van der Waals surface area contributed by atoms with Gasteiger partial charge in [-0.15, -0.1) is 0 Å². The second-order valence-electron chi connectivity index (χ2n) is 2.79. The second kappa shape index (κ2) is 3.53. The van der Waals surface area contributed by atoms with Gasteiger partial charge in [0.15, 0.2) is 0 Å². The highest BCUT2D eigenvalue weighted by molar-refractivity contribution is 5.89. The van der Waals surface area contributed by atoms with Crippen molar-refractivity contribution in [3.63, 3.8) is 0 Å². The highest BCUT2D eigenvalue weighted by atomic mass is 16.6. The van der Waals surface area contributed by atoms with Crippen molar-refractivity contribution in [1.82, 2.24) is 4.98 Å². The quantitative estimate of drug-likeness (QED) is 0.504. The fraction of sp³-hybridized carbons (Fsp3) is 0.333. The second-order valence-corrected chi connectivity index (χ2v) is 2.79. The third-order valence-corrected chi connectivity index (χ3v) is 1.72. The Morgan fingerprint density at radius 1 is 1.62 bits per heavy atom. The number of nitrogens with zero attached hydrogens (tertiary/aromatic N) is 1. The van der Waals surface area contributed by atoms with Crippen molar-refractivity contribution >= 4 is 5.97 Å². The van der Waals surface area contributed by atoms with E-state index in [9.17, 15) is 4.79 Å². The third kappa shape index (κ3) is 2.26. The van der Waals surface area contributed by atoms with Crippen LogP contribution >= 0.6 is 0 Å². The number of epoxide rings is 1. The molecule has 0 amide bonds. The van der Waals surface area contributed by atoms with Gasteiger partial charge in [0.25, 0.3) is 0 Å². The number of aromatic nitrogens is 1. The third-order valence-electron chi connectivity index (χ3n) is 1.72. The first-order chi connectivity index (χ1) is 6.36. The number of pyridine rings is 1. The summed E-state index contributed by atoms with van der Waals surface area (Å²) in [6.07, 6.45) is 3.24. The largest absolute Gasteiger partial charge is 0.459 e. The molecule has 68 valence electrons. The van der Waals surface area contributed by atoms with Gasteiger partial charge in [-0.1, -0.05) is 0 Å². The van der Waals surface area contributed by atoms with E-state index in [1.54, 1.807) is 24.5 Å². The maximum atomic E-state index is 11.3. The van der Waals surface area contributed by atoms with E-state index >= 15 is 0 Å². The molecule has 1 saturated heterocycles. The standard InChI is InChI=1S/C9H9NO3/c11-9(13-6-8-5-12-8)7-1-3-10-4-2-7/h1-4,8H,5-6H2/t8-/m0/s1. The van der Waals surface area contributed by atoms with Crippen molar-refractivity contribution in [2.45, 2.75) is 6.10 Å². The Balaban J connectivity index is 1.89. The van der Waals surface area contributed by atoms with Gasteiger partial charge < -0.3 is 9.47 Å². The van der Waals surface area contributed by atoms with Crippen molar-refractivity contribution in [3.05, 3.63) is 30.1 Å². The molecular formula is C9H9NO3. The number of carbonyl (C=O) groups excluding carboxylic acids is 1. The molecule has 13 heavy (non-hydrogen) atoms. The maximum absolute atomic E-state index is 11.3. The van der Waals surface area contributed by atoms with Crippen LogP contribution in [0.25, 0.3) is 0 Å². The predicted octanol–water partition coefficient (Wildman–Crippen LogP) is 0.637. The van der Waals surface area contributed by atoms with Gasteiger partial charge in [0.05, 0.1) is 12.2 Å². The molecule has 2 rings (SSSR count). The molecular weight excluding hydrogens is 170 g/mol. The van der Waals surface area contributed by atoms with E-state index in [0.717, 1.165) is 0 Å². The monoisotopic (exact) mass is 179 g/mol. The van der Waals surface area contributed by atoms with Crippen molar-refractivity contribution in [1.29, 1.82) is 0 Å². The molecule has 0 N–H and O–H groups in total. The van der Waals surface area contributed by atoms with Gasteiger partial charge in [0.2, 0.25) is 0 Å². The lowest BCUT2D eigenvalue weighted by Crippen LogP contribution is -2.09. The lowest BCUT2D eigenvalue weighted by Gasteiger charge is -2.00. The Morgan fingerprint density at radius 2 is 2.31 bits per heavy atom. The Morgan fingerprint density at radius 3 is 2.92 bits per heavy atom. The van der Waals surface area contributed by atoms with Crippen LogP contribution in [0.15, 0.2) is 24.5 Å². The summed E-state index contributed by atoms with van der Waals surface area (Å²) >= 11 is 0. The molecule has 0 spiro atoms. The molecule has 0 radical (unpaired) electrons. The van der Waals surface area contributed by atoms with Crippen LogP contribution in [0.4, 0.5) is 0 Å². The molecule has 1 aromatic heterocycles. The summed E-state index contributed by atoms with van der Waals surface area (Å²) in [5.41, 5.74) is 0.524. The lowest BCUT2D eigenvalue weighted by molar-refractivity contribution is 0.0476. The van der Waals surface area contributed by atoms with Crippen LogP contribution in [0.1, 0.15) is 10.4 Å². The van der Waals surface area contributed by atoms with Crippen molar-refractivity contribution < 1.29 is 14.3 Å². The summed E-state index contributed by atoms with van der Waals surface area (Å²) in [6.45, 7) is 1.05. The van der Waals surface area contributed by atoms with E-state index in [-0.39, 0.29) is 12.1 Å². The molecule has 1 aromatic rings. The van der Waals surface area contributed by atoms with E-state index in [1.807, 2.05) is 0 Å². The van der Waals surface area contributed by atoms with Crippen LogP contribution in [0.3, 0.4) is 0 Å². The molecule has 4 heteroatoms. The van der Waals surface area contributed by atoms with E-state index in [1.165, 1.54) is 0 Å². The lowest BCUT2D eigenvalue weighted by atomic mass is 10.3. The van der Waals surface area contributed by atoms with Gasteiger partial charge in [0, 0.05) is 12.4 Å². The topological polar surface area (TPSA) is 51.7 Å². The van der Waals surface area contributed by atoms with E-state index in [2.05, 4.69) is 4.98 Å². The first-order valence-corrected chi connectivity index (χ1v) is 4.05. The van der Waals surface area contributed by atoms with Crippen molar-refractivity contribution in [2.24, 2.45) is 0 Å². The van der Waals surface area contributed by atoms with Crippen LogP contribution in [0, 0.1) is 0 Å². The minimum atomic E-state index is -0.321. The summed E-state index contributed by atoms with van der Waals surface area (Å²) in [5, 5.41) is 0. The van der Waals surface area contributed by atoms with Crippen molar-refractivity contribution in [2.75, 3.05) is 13.2 Å². The summed E-state index contributed by atoms with van der Waals surface area (Å²) in [6, 6.07) is 3.24. The molecule has 0 saturated carbocycles. The molecule has 4 nitrogen and oxygen atoms in total. The maximum Gasteiger partial charge on any atom is 0.338 e. The summed E-state index contributed by atoms with van der Waals surface area (Å²) in [4.78, 5) is 15.1. The molecule has 1 fully saturated rings. The summed E-state index contributed by atoms with van der Waals surface area (Å²) in [7, 11) is 0. The summed E-state index contributed by atoms with van der Waals surface area (Å²) in [5.74, 6) is -0.321. The number of esters is 1. The fourth-order valence-corrected chi connectivity index (χ4v) is 0.904. The van der Waals surface area contributed by atoms with Crippen LogP contribution in [0.2, 0.25) is 0 Å². The molecule has 2 heterocycles. The van der Waals surface area contributed by atoms with E-state index in [4.69, 9.17) is 9.47 Å². The Bertz CT molecular complexity index is 295. The molecule has 0 aromatic carbocycles. The molecule has 1 atom stereocenters. The Kier molecular flexibility index (Phi) is 2.23. The van der Waals surface area contributed by atoms with Crippen LogP contribution in [-0.4, -0.2) is 30.3 Å². The number of ether oxygens (including phenoxy) is 2. The van der Waals surface area contributed by atoms with Gasteiger partial charge in [0.1, 0.15) is 12.7 Å². The predicted molar refractivity (Wildman–Crippen MR) is 44.3 cm³/mol. The first kappa shape index (κ1) is 8.19. The minimum Gasteiger partial charge on any atom is -0.459 e. The molecule has 0 bridgehead atoms. The first-order valence-electron chi connectivity index (χ1n) is 4.05. The average molecular weight is 179 g/mol. The molecule has 1 aliphatic rings. The van der Waals surface area contributed by atoms with Gasteiger partial charge in [-0.05, 0) is 12.1 Å². The minimum absolute atomic E-state index is 0.116. The van der Waals surface area contributed by atoms with E-state index in [0.29, 0.717) is 18.8 Å².